The molecule has 0 fully saturated rings. The lowest BCUT2D eigenvalue weighted by molar-refractivity contribution is 0.567. The van der Waals surface area contributed by atoms with Crippen LogP contribution in [0.2, 0.25) is 0 Å². The van der Waals surface area contributed by atoms with Gasteiger partial charge in [-0.1, -0.05) is 24.3 Å². The van der Waals surface area contributed by atoms with Gasteiger partial charge in [-0.3, -0.25) is 0 Å². The van der Waals surface area contributed by atoms with Gasteiger partial charge in [0.25, 0.3) is 0 Å². The first kappa shape index (κ1) is 15.7. The minimum atomic E-state index is -0.122. The Morgan fingerprint density at radius 1 is 0.905 bits per heavy atom. The lowest BCUT2D eigenvalue weighted by atomic mass is 9.86. The van der Waals surface area contributed by atoms with E-state index in [-0.39, 0.29) is 11.9 Å². The maximum absolute atomic E-state index is 14.5. The van der Waals surface area contributed by atoms with Gasteiger partial charge in [-0.15, -0.1) is 0 Å². The zero-order valence-electron chi connectivity index (χ0n) is 13.8. The van der Waals surface area contributed by atoms with E-state index in [2.05, 4.69) is 39.1 Å². The highest BCUT2D eigenvalue weighted by Crippen LogP contribution is 2.33. The Labute approximate surface area is 127 Å². The lowest BCUT2D eigenvalue weighted by Gasteiger charge is -2.25. The summed E-state index contributed by atoms with van der Waals surface area (Å²) in [6.07, 6.45) is 0. The molecule has 2 aromatic rings. The van der Waals surface area contributed by atoms with Gasteiger partial charge in [0.1, 0.15) is 5.82 Å². The van der Waals surface area contributed by atoms with Crippen molar-refractivity contribution in [1.82, 2.24) is 5.32 Å². The predicted octanol–water partition coefficient (Wildman–Crippen LogP) is 4.68. The maximum Gasteiger partial charge on any atom is 0.131 e. The average molecular weight is 285 g/mol. The highest BCUT2D eigenvalue weighted by Gasteiger charge is 2.22. The molecule has 0 saturated carbocycles. The SMILES string of the molecule is CNC(c1cccc(C)c1F)c1c(C)c(C)cc(C)c1C. The van der Waals surface area contributed by atoms with Gasteiger partial charge in [0.15, 0.2) is 0 Å². The number of halogens is 1. The highest BCUT2D eigenvalue weighted by molar-refractivity contribution is 5.49. The van der Waals surface area contributed by atoms with Crippen LogP contribution in [-0.4, -0.2) is 7.05 Å². The van der Waals surface area contributed by atoms with Crippen LogP contribution >= 0.6 is 0 Å². The fraction of sp³-hybridized carbons (Fsp3) is 0.368. The molecule has 1 N–H and O–H groups in total. The fourth-order valence-corrected chi connectivity index (χ4v) is 3.03. The lowest BCUT2D eigenvalue weighted by Crippen LogP contribution is -2.22. The second-order valence-corrected chi connectivity index (χ2v) is 5.87. The van der Waals surface area contributed by atoms with Crippen molar-refractivity contribution in [2.24, 2.45) is 0 Å². The zero-order valence-corrected chi connectivity index (χ0v) is 13.8. The van der Waals surface area contributed by atoms with Gasteiger partial charge in [-0.2, -0.15) is 0 Å². The molecule has 0 heterocycles. The van der Waals surface area contributed by atoms with Crippen molar-refractivity contribution in [3.8, 4) is 0 Å². The van der Waals surface area contributed by atoms with E-state index in [1.807, 2.05) is 32.2 Å². The molecule has 0 amide bonds. The van der Waals surface area contributed by atoms with Crippen LogP contribution in [0.1, 0.15) is 45.0 Å². The number of rotatable bonds is 3. The van der Waals surface area contributed by atoms with Crippen molar-refractivity contribution in [1.29, 1.82) is 0 Å². The molecule has 0 radical (unpaired) electrons. The van der Waals surface area contributed by atoms with Crippen LogP contribution in [0.5, 0.6) is 0 Å². The number of aryl methyl sites for hydroxylation is 3. The quantitative estimate of drug-likeness (QED) is 0.863. The molecule has 0 spiro atoms. The first-order valence-corrected chi connectivity index (χ1v) is 7.38. The Kier molecular flexibility index (Phi) is 4.48. The molecule has 21 heavy (non-hydrogen) atoms. The summed E-state index contributed by atoms with van der Waals surface area (Å²) in [5.41, 5.74) is 7.57. The number of nitrogens with one attached hydrogen (secondary N) is 1. The molecule has 112 valence electrons. The largest absolute Gasteiger partial charge is 0.309 e. The Bertz CT molecular complexity index is 648. The fourth-order valence-electron chi connectivity index (χ4n) is 3.03. The van der Waals surface area contributed by atoms with Gasteiger partial charge in [-0.05, 0) is 75.0 Å². The topological polar surface area (TPSA) is 12.0 Å². The predicted molar refractivity (Wildman–Crippen MR) is 87.4 cm³/mol. The first-order valence-electron chi connectivity index (χ1n) is 7.38. The van der Waals surface area contributed by atoms with E-state index in [0.717, 1.165) is 0 Å². The van der Waals surface area contributed by atoms with E-state index in [1.54, 1.807) is 0 Å². The Balaban J connectivity index is 2.71. The molecule has 2 heteroatoms. The molecule has 1 nitrogen and oxygen atoms in total. The first-order chi connectivity index (χ1) is 9.88. The van der Waals surface area contributed by atoms with Crippen LogP contribution in [0.3, 0.4) is 0 Å². The van der Waals surface area contributed by atoms with Crippen LogP contribution < -0.4 is 5.32 Å². The minimum absolute atomic E-state index is 0.116. The standard InChI is InChI=1S/C19H24FN/c1-11-8-7-9-16(18(11)20)19(21-6)17-14(4)12(2)10-13(3)15(17)5/h7-10,19,21H,1-6H3. The van der Waals surface area contributed by atoms with Crippen molar-refractivity contribution < 1.29 is 4.39 Å². The van der Waals surface area contributed by atoms with Gasteiger partial charge >= 0.3 is 0 Å². The van der Waals surface area contributed by atoms with Crippen LogP contribution in [-0.2, 0) is 0 Å². The summed E-state index contributed by atoms with van der Waals surface area (Å²) in [6.45, 7) is 10.3. The normalized spacial score (nSPS) is 12.5. The maximum atomic E-state index is 14.5. The van der Waals surface area contributed by atoms with Crippen molar-refractivity contribution in [3.63, 3.8) is 0 Å². The van der Waals surface area contributed by atoms with Crippen molar-refractivity contribution in [2.75, 3.05) is 7.05 Å². The van der Waals surface area contributed by atoms with Gasteiger partial charge in [0, 0.05) is 5.56 Å². The average Bonchev–Trinajstić information content (AvgIpc) is 2.45. The third-order valence-corrected chi connectivity index (χ3v) is 4.53. The van der Waals surface area contributed by atoms with E-state index in [0.29, 0.717) is 11.1 Å². The van der Waals surface area contributed by atoms with Gasteiger partial charge in [-0.25, -0.2) is 4.39 Å². The molecule has 0 bridgehead atoms. The molecule has 1 unspecified atom stereocenters. The summed E-state index contributed by atoms with van der Waals surface area (Å²) >= 11 is 0. The van der Waals surface area contributed by atoms with Crippen LogP contribution in [0.15, 0.2) is 24.3 Å². The molecular weight excluding hydrogens is 261 g/mol. The summed E-state index contributed by atoms with van der Waals surface area (Å²) < 4.78 is 14.5. The molecule has 0 saturated heterocycles. The Morgan fingerprint density at radius 3 is 2.00 bits per heavy atom. The van der Waals surface area contributed by atoms with E-state index < -0.39 is 0 Å². The molecule has 1 atom stereocenters. The summed E-state index contributed by atoms with van der Waals surface area (Å²) in [5, 5.41) is 3.30. The van der Waals surface area contributed by atoms with Gasteiger partial charge < -0.3 is 5.32 Å². The monoisotopic (exact) mass is 285 g/mol. The summed E-state index contributed by atoms with van der Waals surface area (Å²) in [6, 6.07) is 7.69. The number of benzene rings is 2. The molecule has 0 aliphatic carbocycles. The van der Waals surface area contributed by atoms with Crippen molar-refractivity contribution >= 4 is 0 Å². The Hall–Kier alpha value is -1.67. The molecule has 0 aliphatic rings. The van der Waals surface area contributed by atoms with E-state index in [1.165, 1.54) is 27.8 Å². The van der Waals surface area contributed by atoms with E-state index in [4.69, 9.17) is 0 Å². The molecule has 0 aliphatic heterocycles. The highest BCUT2D eigenvalue weighted by atomic mass is 19.1. The molecule has 2 aromatic carbocycles. The third-order valence-electron chi connectivity index (χ3n) is 4.53. The van der Waals surface area contributed by atoms with Crippen LogP contribution in [0, 0.1) is 40.4 Å². The summed E-state index contributed by atoms with van der Waals surface area (Å²) in [5.74, 6) is -0.116. The number of hydrogen-bond donors (Lipinski definition) is 1. The van der Waals surface area contributed by atoms with Crippen LogP contribution in [0.25, 0.3) is 0 Å². The van der Waals surface area contributed by atoms with E-state index >= 15 is 0 Å². The van der Waals surface area contributed by atoms with E-state index in [9.17, 15) is 4.39 Å². The molecular formula is C19H24FN. The second kappa shape index (κ2) is 5.98. The van der Waals surface area contributed by atoms with Crippen LogP contribution in [0.4, 0.5) is 4.39 Å². The second-order valence-electron chi connectivity index (χ2n) is 5.87. The number of hydrogen-bond acceptors (Lipinski definition) is 1. The zero-order chi connectivity index (χ0) is 15.7. The third kappa shape index (κ3) is 2.73. The van der Waals surface area contributed by atoms with Crippen molar-refractivity contribution in [3.05, 3.63) is 69.0 Å². The van der Waals surface area contributed by atoms with Gasteiger partial charge in [0.05, 0.1) is 6.04 Å². The molecule has 0 aromatic heterocycles. The Morgan fingerprint density at radius 2 is 1.48 bits per heavy atom. The molecule has 2 rings (SSSR count). The minimum Gasteiger partial charge on any atom is -0.309 e. The smallest absolute Gasteiger partial charge is 0.131 e. The summed E-state index contributed by atoms with van der Waals surface area (Å²) in [7, 11) is 1.89. The van der Waals surface area contributed by atoms with Crippen molar-refractivity contribution in [2.45, 2.75) is 40.7 Å². The van der Waals surface area contributed by atoms with Gasteiger partial charge in [0.2, 0.25) is 0 Å². The summed E-state index contributed by atoms with van der Waals surface area (Å²) in [4.78, 5) is 0.